The Kier molecular flexibility index (Phi) is 4.09. The van der Waals surface area contributed by atoms with E-state index in [-0.39, 0.29) is 6.04 Å². The fraction of sp³-hybridized carbons (Fsp3) is 0.438. The van der Waals surface area contributed by atoms with Crippen LogP contribution in [0.2, 0.25) is 0 Å². The maximum Gasteiger partial charge on any atom is 0.243 e. The van der Waals surface area contributed by atoms with Gasteiger partial charge in [0.1, 0.15) is 0 Å². The minimum Gasteiger partial charge on any atom is -0.245 e. The number of benzene rings is 1. The first kappa shape index (κ1) is 15.6. The van der Waals surface area contributed by atoms with E-state index < -0.39 is 10.0 Å². The molecule has 6 heteroatoms. The topological polar surface area (TPSA) is 50.3 Å². The van der Waals surface area contributed by atoms with E-state index in [2.05, 4.69) is 4.98 Å². The van der Waals surface area contributed by atoms with Gasteiger partial charge in [0.2, 0.25) is 10.0 Å². The monoisotopic (exact) mass is 336 g/mol. The number of hydrogen-bond acceptors (Lipinski definition) is 4. The van der Waals surface area contributed by atoms with Gasteiger partial charge in [0.05, 0.1) is 22.1 Å². The van der Waals surface area contributed by atoms with Crippen molar-refractivity contribution in [1.82, 2.24) is 9.29 Å². The standard InChI is InChI=1S/C16H20N2O2S2/c1-11-4-7-16(12(2)8-11)22(19,20)18(15-5-6-15)9-14-10-21-13(3)17-14/h4,7-8,10,15H,5-6,9H2,1-3H3. The molecule has 0 radical (unpaired) electrons. The zero-order valence-electron chi connectivity index (χ0n) is 13.0. The number of thiazole rings is 1. The predicted molar refractivity (Wildman–Crippen MR) is 88.5 cm³/mol. The fourth-order valence-electron chi connectivity index (χ4n) is 2.63. The van der Waals surface area contributed by atoms with Crippen molar-refractivity contribution in [1.29, 1.82) is 0 Å². The summed E-state index contributed by atoms with van der Waals surface area (Å²) in [5.41, 5.74) is 2.72. The molecule has 0 N–H and O–H groups in total. The predicted octanol–water partition coefficient (Wildman–Crippen LogP) is 3.42. The van der Waals surface area contributed by atoms with Gasteiger partial charge in [-0.3, -0.25) is 0 Å². The van der Waals surface area contributed by atoms with Gasteiger partial charge in [-0.1, -0.05) is 17.7 Å². The van der Waals surface area contributed by atoms with Crippen molar-refractivity contribution in [2.24, 2.45) is 0 Å². The number of aryl methyl sites for hydroxylation is 3. The lowest BCUT2D eigenvalue weighted by molar-refractivity contribution is 0.394. The molecular weight excluding hydrogens is 316 g/mol. The molecule has 118 valence electrons. The van der Waals surface area contributed by atoms with Crippen LogP contribution in [0, 0.1) is 20.8 Å². The molecule has 4 nitrogen and oxygen atoms in total. The minimum atomic E-state index is -3.48. The molecule has 0 bridgehead atoms. The second kappa shape index (κ2) is 5.76. The molecule has 1 saturated carbocycles. The lowest BCUT2D eigenvalue weighted by Crippen LogP contribution is -2.33. The summed E-state index contributed by atoms with van der Waals surface area (Å²) in [5, 5.41) is 2.91. The molecule has 1 aliphatic carbocycles. The first-order valence-electron chi connectivity index (χ1n) is 7.38. The van der Waals surface area contributed by atoms with Crippen LogP contribution in [-0.2, 0) is 16.6 Å². The van der Waals surface area contributed by atoms with Crippen LogP contribution < -0.4 is 0 Å². The third-order valence-electron chi connectivity index (χ3n) is 3.86. The Bertz CT molecular complexity index is 792. The molecule has 1 aliphatic rings. The number of hydrogen-bond donors (Lipinski definition) is 0. The van der Waals surface area contributed by atoms with E-state index >= 15 is 0 Å². The van der Waals surface area contributed by atoms with Crippen molar-refractivity contribution in [3.8, 4) is 0 Å². The van der Waals surface area contributed by atoms with Crippen LogP contribution in [0.5, 0.6) is 0 Å². The Morgan fingerprint density at radius 1 is 1.27 bits per heavy atom. The summed E-state index contributed by atoms with van der Waals surface area (Å²) in [7, 11) is -3.48. The molecule has 0 saturated heterocycles. The SMILES string of the molecule is Cc1ccc(S(=O)(=O)N(Cc2csc(C)n2)C2CC2)c(C)c1. The first-order chi connectivity index (χ1) is 10.4. The molecule has 0 aliphatic heterocycles. The van der Waals surface area contributed by atoms with E-state index in [1.807, 2.05) is 38.3 Å². The third kappa shape index (κ3) is 3.09. The van der Waals surface area contributed by atoms with Gasteiger partial charge in [0.15, 0.2) is 0 Å². The van der Waals surface area contributed by atoms with Crippen LogP contribution in [0.25, 0.3) is 0 Å². The summed E-state index contributed by atoms with van der Waals surface area (Å²) in [4.78, 5) is 4.83. The van der Waals surface area contributed by atoms with E-state index in [0.29, 0.717) is 11.4 Å². The third-order valence-corrected chi connectivity index (χ3v) is 6.74. The minimum absolute atomic E-state index is 0.118. The summed E-state index contributed by atoms with van der Waals surface area (Å²) in [6, 6.07) is 5.62. The Balaban J connectivity index is 1.96. The molecule has 1 aromatic carbocycles. The molecule has 2 aromatic rings. The second-order valence-electron chi connectivity index (χ2n) is 5.91. The van der Waals surface area contributed by atoms with E-state index in [1.54, 1.807) is 21.7 Å². The van der Waals surface area contributed by atoms with E-state index in [9.17, 15) is 8.42 Å². The molecular formula is C16H20N2O2S2. The summed E-state index contributed by atoms with van der Waals surface area (Å²) in [6.45, 7) is 6.14. The van der Waals surface area contributed by atoms with Crippen LogP contribution in [0.4, 0.5) is 0 Å². The Morgan fingerprint density at radius 2 is 2.00 bits per heavy atom. The zero-order valence-corrected chi connectivity index (χ0v) is 14.7. The highest BCUT2D eigenvalue weighted by Gasteiger charge is 2.39. The Hall–Kier alpha value is -1.24. The van der Waals surface area contributed by atoms with Crippen molar-refractivity contribution >= 4 is 21.4 Å². The highest BCUT2D eigenvalue weighted by atomic mass is 32.2. The van der Waals surface area contributed by atoms with Crippen molar-refractivity contribution in [2.75, 3.05) is 0 Å². The molecule has 0 atom stereocenters. The summed E-state index contributed by atoms with van der Waals surface area (Å²) in [5.74, 6) is 0. The lowest BCUT2D eigenvalue weighted by atomic mass is 10.2. The van der Waals surface area contributed by atoms with Gasteiger partial charge in [0.25, 0.3) is 0 Å². The van der Waals surface area contributed by atoms with Crippen LogP contribution in [0.15, 0.2) is 28.5 Å². The van der Waals surface area contributed by atoms with Crippen molar-refractivity contribution < 1.29 is 8.42 Å². The summed E-state index contributed by atoms with van der Waals surface area (Å²) in [6.07, 6.45) is 1.88. The molecule has 1 heterocycles. The van der Waals surface area contributed by atoms with Crippen LogP contribution in [0.1, 0.15) is 34.7 Å². The fourth-order valence-corrected chi connectivity index (χ4v) is 5.10. The zero-order chi connectivity index (χ0) is 15.9. The van der Waals surface area contributed by atoms with Crippen molar-refractivity contribution in [3.05, 3.63) is 45.4 Å². The maximum absolute atomic E-state index is 13.1. The van der Waals surface area contributed by atoms with Gasteiger partial charge in [0, 0.05) is 11.4 Å². The maximum atomic E-state index is 13.1. The first-order valence-corrected chi connectivity index (χ1v) is 9.70. The molecule has 22 heavy (non-hydrogen) atoms. The smallest absolute Gasteiger partial charge is 0.243 e. The lowest BCUT2D eigenvalue weighted by Gasteiger charge is -2.22. The largest absolute Gasteiger partial charge is 0.245 e. The van der Waals surface area contributed by atoms with E-state index in [0.717, 1.165) is 34.7 Å². The Labute approximate surface area is 135 Å². The highest BCUT2D eigenvalue weighted by molar-refractivity contribution is 7.89. The quantitative estimate of drug-likeness (QED) is 0.840. The molecule has 0 unspecified atom stereocenters. The van der Waals surface area contributed by atoms with Gasteiger partial charge < -0.3 is 0 Å². The van der Waals surface area contributed by atoms with Crippen LogP contribution >= 0.6 is 11.3 Å². The van der Waals surface area contributed by atoms with E-state index in [1.165, 1.54) is 0 Å². The molecule has 3 rings (SSSR count). The van der Waals surface area contributed by atoms with Gasteiger partial charge in [-0.2, -0.15) is 4.31 Å². The highest BCUT2D eigenvalue weighted by Crippen LogP contribution is 2.34. The summed E-state index contributed by atoms with van der Waals surface area (Å²) >= 11 is 1.56. The van der Waals surface area contributed by atoms with Crippen LogP contribution in [-0.4, -0.2) is 23.7 Å². The number of aromatic nitrogens is 1. The molecule has 0 spiro atoms. The van der Waals surface area contributed by atoms with Gasteiger partial charge in [-0.25, -0.2) is 13.4 Å². The average Bonchev–Trinajstić information content (AvgIpc) is 3.18. The number of rotatable bonds is 5. The van der Waals surface area contributed by atoms with Gasteiger partial charge >= 0.3 is 0 Å². The van der Waals surface area contributed by atoms with Crippen molar-refractivity contribution in [2.45, 2.75) is 51.1 Å². The van der Waals surface area contributed by atoms with E-state index in [4.69, 9.17) is 0 Å². The molecule has 1 fully saturated rings. The Morgan fingerprint density at radius 3 is 2.55 bits per heavy atom. The van der Waals surface area contributed by atoms with Gasteiger partial charge in [-0.05, 0) is 45.2 Å². The number of sulfonamides is 1. The normalized spacial score (nSPS) is 15.5. The van der Waals surface area contributed by atoms with Gasteiger partial charge in [-0.15, -0.1) is 11.3 Å². The second-order valence-corrected chi connectivity index (χ2v) is 8.83. The summed E-state index contributed by atoms with van der Waals surface area (Å²) < 4.78 is 27.7. The van der Waals surface area contributed by atoms with Crippen molar-refractivity contribution in [3.63, 3.8) is 0 Å². The average molecular weight is 336 g/mol. The van der Waals surface area contributed by atoms with Crippen LogP contribution in [0.3, 0.4) is 0 Å². The number of nitrogens with zero attached hydrogens (tertiary/aromatic N) is 2. The molecule has 1 aromatic heterocycles. The molecule has 0 amide bonds.